The summed E-state index contributed by atoms with van der Waals surface area (Å²) in [6.45, 7) is -0.609. The van der Waals surface area contributed by atoms with Crippen LogP contribution in [-0.4, -0.2) is 51.4 Å². The second-order valence-electron chi connectivity index (χ2n) is 7.60. The molecule has 0 spiro atoms. The van der Waals surface area contributed by atoms with E-state index in [9.17, 15) is 29.2 Å². The Balaban J connectivity index is 1.62. The number of aliphatic hydroxyl groups is 4. The maximum atomic E-state index is 15.3. The SMILES string of the molecule is OCC1OC(c2ccc(F)c(C(F)c3ccc(-c4ccc(F)cc4)s3)c2)C(O)C(O)C1O. The molecule has 4 rings (SSSR count). The topological polar surface area (TPSA) is 90.2 Å². The van der Waals surface area contributed by atoms with Crippen molar-refractivity contribution in [1.82, 2.24) is 0 Å². The Morgan fingerprint density at radius 3 is 2.31 bits per heavy atom. The van der Waals surface area contributed by atoms with Crippen LogP contribution >= 0.6 is 11.3 Å². The Hall–Kier alpha value is -2.27. The van der Waals surface area contributed by atoms with Gasteiger partial charge in [0.2, 0.25) is 0 Å². The molecule has 2 aromatic carbocycles. The molecule has 0 bridgehead atoms. The summed E-state index contributed by atoms with van der Waals surface area (Å²) >= 11 is 1.10. The number of halogens is 3. The summed E-state index contributed by atoms with van der Waals surface area (Å²) in [7, 11) is 0. The predicted molar refractivity (Wildman–Crippen MR) is 112 cm³/mol. The summed E-state index contributed by atoms with van der Waals surface area (Å²) in [5.74, 6) is -1.19. The van der Waals surface area contributed by atoms with Crippen molar-refractivity contribution in [2.75, 3.05) is 6.61 Å². The number of benzene rings is 2. The molecule has 4 N–H and O–H groups in total. The van der Waals surface area contributed by atoms with E-state index in [1.807, 2.05) is 0 Å². The molecule has 1 aliphatic rings. The molecular formula is C23H21F3O5S. The molecule has 3 aromatic rings. The van der Waals surface area contributed by atoms with Gasteiger partial charge in [-0.25, -0.2) is 13.2 Å². The van der Waals surface area contributed by atoms with Crippen molar-refractivity contribution in [2.24, 2.45) is 0 Å². The van der Waals surface area contributed by atoms with E-state index < -0.39 is 49.1 Å². The first kappa shape index (κ1) is 22.9. The lowest BCUT2D eigenvalue weighted by molar-refractivity contribution is -0.231. The second kappa shape index (κ2) is 9.30. The fraction of sp³-hybridized carbons (Fsp3) is 0.304. The Bertz CT molecular complexity index is 1070. The highest BCUT2D eigenvalue weighted by molar-refractivity contribution is 7.15. The van der Waals surface area contributed by atoms with Gasteiger partial charge in [0.15, 0.2) is 6.17 Å². The smallest absolute Gasteiger partial charge is 0.162 e. The number of ether oxygens (including phenoxy) is 1. The summed E-state index contributed by atoms with van der Waals surface area (Å²) in [5.41, 5.74) is 0.605. The first-order valence-corrected chi connectivity index (χ1v) is 10.7. The van der Waals surface area contributed by atoms with Gasteiger partial charge in [-0.15, -0.1) is 11.3 Å². The van der Waals surface area contributed by atoms with E-state index in [0.717, 1.165) is 17.4 Å². The number of thiophene rings is 1. The predicted octanol–water partition coefficient (Wildman–Crippen LogP) is 3.27. The van der Waals surface area contributed by atoms with E-state index >= 15 is 4.39 Å². The number of hydrogen-bond donors (Lipinski definition) is 4. The van der Waals surface area contributed by atoms with E-state index in [1.54, 1.807) is 18.2 Å². The fourth-order valence-electron chi connectivity index (χ4n) is 3.72. The van der Waals surface area contributed by atoms with E-state index in [1.165, 1.54) is 30.3 Å². The summed E-state index contributed by atoms with van der Waals surface area (Å²) in [6, 6.07) is 12.4. The van der Waals surface area contributed by atoms with Crippen LogP contribution in [0.3, 0.4) is 0 Å². The molecule has 0 amide bonds. The summed E-state index contributed by atoms with van der Waals surface area (Å²) in [6.07, 6.45) is -8.85. The van der Waals surface area contributed by atoms with Gasteiger partial charge in [-0.3, -0.25) is 0 Å². The van der Waals surface area contributed by atoms with Crippen LogP contribution in [0.15, 0.2) is 54.6 Å². The van der Waals surface area contributed by atoms with Gasteiger partial charge in [0.25, 0.3) is 0 Å². The molecule has 6 unspecified atom stereocenters. The molecule has 0 saturated carbocycles. The van der Waals surface area contributed by atoms with Gasteiger partial charge in [-0.2, -0.15) is 0 Å². The molecule has 170 valence electrons. The van der Waals surface area contributed by atoms with Crippen LogP contribution in [0, 0.1) is 11.6 Å². The molecule has 5 nitrogen and oxygen atoms in total. The Morgan fingerprint density at radius 2 is 1.62 bits per heavy atom. The molecule has 32 heavy (non-hydrogen) atoms. The fourth-order valence-corrected chi connectivity index (χ4v) is 4.73. The van der Waals surface area contributed by atoms with E-state index in [0.29, 0.717) is 10.4 Å². The number of hydrogen-bond acceptors (Lipinski definition) is 6. The third-order valence-electron chi connectivity index (χ3n) is 5.52. The van der Waals surface area contributed by atoms with Crippen molar-refractivity contribution in [2.45, 2.75) is 36.7 Å². The van der Waals surface area contributed by atoms with Gasteiger partial charge in [0, 0.05) is 15.3 Å². The van der Waals surface area contributed by atoms with Crippen LogP contribution in [0.4, 0.5) is 13.2 Å². The van der Waals surface area contributed by atoms with Crippen molar-refractivity contribution in [3.63, 3.8) is 0 Å². The average molecular weight is 466 g/mol. The highest BCUT2D eigenvalue weighted by Crippen LogP contribution is 2.39. The number of alkyl halides is 1. The van der Waals surface area contributed by atoms with Gasteiger partial charge in [-0.05, 0) is 47.5 Å². The molecule has 6 atom stereocenters. The van der Waals surface area contributed by atoms with Gasteiger partial charge in [-0.1, -0.05) is 18.2 Å². The van der Waals surface area contributed by atoms with Gasteiger partial charge >= 0.3 is 0 Å². The van der Waals surface area contributed by atoms with Crippen molar-refractivity contribution < 1.29 is 38.3 Å². The molecule has 9 heteroatoms. The lowest BCUT2D eigenvalue weighted by atomic mass is 9.90. The van der Waals surface area contributed by atoms with Crippen LogP contribution in [0.5, 0.6) is 0 Å². The van der Waals surface area contributed by atoms with Gasteiger partial charge < -0.3 is 25.2 Å². The van der Waals surface area contributed by atoms with Crippen LogP contribution in [0.25, 0.3) is 10.4 Å². The lowest BCUT2D eigenvalue weighted by Gasteiger charge is -2.40. The average Bonchev–Trinajstić information content (AvgIpc) is 3.29. The molecule has 2 heterocycles. The summed E-state index contributed by atoms with van der Waals surface area (Å²) in [5, 5.41) is 39.6. The van der Waals surface area contributed by atoms with Crippen LogP contribution in [0.2, 0.25) is 0 Å². The first-order valence-electron chi connectivity index (χ1n) is 9.89. The zero-order chi connectivity index (χ0) is 23.0. The molecule has 1 saturated heterocycles. The Labute approximate surface area is 186 Å². The molecule has 1 aliphatic heterocycles. The minimum Gasteiger partial charge on any atom is -0.394 e. The largest absolute Gasteiger partial charge is 0.394 e. The van der Waals surface area contributed by atoms with Gasteiger partial charge in [0.05, 0.1) is 6.61 Å². The Morgan fingerprint density at radius 1 is 0.906 bits per heavy atom. The highest BCUT2D eigenvalue weighted by Gasteiger charge is 2.44. The van der Waals surface area contributed by atoms with Gasteiger partial charge in [0.1, 0.15) is 42.2 Å². The lowest BCUT2D eigenvalue weighted by Crippen LogP contribution is -2.55. The molecule has 0 aliphatic carbocycles. The molecule has 1 fully saturated rings. The van der Waals surface area contributed by atoms with Crippen molar-refractivity contribution >= 4 is 11.3 Å². The normalized spacial score (nSPS) is 26.8. The standard InChI is InChI=1S/C23H21F3O5S/c24-13-4-1-11(2-5-13)17-7-8-18(32-17)19(26)14-9-12(3-6-15(14)25)23-22(30)21(29)20(28)16(10-27)31-23/h1-9,16,19-23,27-30H,10H2. The number of rotatable bonds is 5. The highest BCUT2D eigenvalue weighted by atomic mass is 32.1. The monoisotopic (exact) mass is 466 g/mol. The van der Waals surface area contributed by atoms with Crippen molar-refractivity contribution in [3.05, 3.63) is 82.2 Å². The minimum atomic E-state index is -1.82. The molecule has 1 aromatic heterocycles. The van der Waals surface area contributed by atoms with E-state index in [2.05, 4.69) is 0 Å². The minimum absolute atomic E-state index is 0.191. The zero-order valence-corrected chi connectivity index (χ0v) is 17.4. The van der Waals surface area contributed by atoms with Crippen molar-refractivity contribution in [3.8, 4) is 10.4 Å². The summed E-state index contributed by atoms with van der Waals surface area (Å²) < 4.78 is 48.5. The Kier molecular flexibility index (Phi) is 6.66. The second-order valence-corrected chi connectivity index (χ2v) is 8.72. The van der Waals surface area contributed by atoms with Crippen LogP contribution in [-0.2, 0) is 4.74 Å². The third-order valence-corrected chi connectivity index (χ3v) is 6.69. The molecule has 0 radical (unpaired) electrons. The number of aliphatic hydroxyl groups excluding tert-OH is 4. The van der Waals surface area contributed by atoms with E-state index in [-0.39, 0.29) is 21.8 Å². The quantitative estimate of drug-likeness (QED) is 0.464. The summed E-state index contributed by atoms with van der Waals surface area (Å²) in [4.78, 5) is 0.919. The third kappa shape index (κ3) is 4.32. The molecular weight excluding hydrogens is 445 g/mol. The van der Waals surface area contributed by atoms with Crippen LogP contribution in [0.1, 0.15) is 28.3 Å². The maximum Gasteiger partial charge on any atom is 0.162 e. The van der Waals surface area contributed by atoms with Crippen molar-refractivity contribution in [1.29, 1.82) is 0 Å². The zero-order valence-electron chi connectivity index (χ0n) is 16.6. The van der Waals surface area contributed by atoms with E-state index in [4.69, 9.17) is 4.74 Å². The first-order chi connectivity index (χ1) is 15.3. The maximum absolute atomic E-state index is 15.3. The van der Waals surface area contributed by atoms with Crippen LogP contribution < -0.4 is 0 Å².